The number of H-pyrrole nitrogens is 2. The van der Waals surface area contributed by atoms with Crippen LogP contribution in [0.1, 0.15) is 16.8 Å². The van der Waals surface area contributed by atoms with Gasteiger partial charge >= 0.3 is 0 Å². The first-order chi connectivity index (χ1) is 14.6. The average molecular weight is 401 g/mol. The Morgan fingerprint density at radius 3 is 2.77 bits per heavy atom. The summed E-state index contributed by atoms with van der Waals surface area (Å²) in [6, 6.07) is 15.0. The zero-order chi connectivity index (χ0) is 20.7. The van der Waals surface area contributed by atoms with Crippen LogP contribution in [0, 0.1) is 0 Å². The number of aromatic nitrogens is 3. The minimum Gasteiger partial charge on any atom is -0.338 e. The van der Waals surface area contributed by atoms with Crippen LogP contribution >= 0.6 is 0 Å². The van der Waals surface area contributed by atoms with Gasteiger partial charge < -0.3 is 19.8 Å². The summed E-state index contributed by atoms with van der Waals surface area (Å²) >= 11 is 0. The molecule has 2 aliphatic heterocycles. The molecule has 2 N–H and O–H groups in total. The van der Waals surface area contributed by atoms with Crippen molar-refractivity contribution in [2.45, 2.75) is 6.42 Å². The third-order valence-electron chi connectivity index (χ3n) is 5.76. The van der Waals surface area contributed by atoms with E-state index in [-0.39, 0.29) is 11.5 Å². The maximum atomic E-state index is 13.0. The second-order valence-electron chi connectivity index (χ2n) is 7.83. The summed E-state index contributed by atoms with van der Waals surface area (Å²) in [4.78, 5) is 40.5. The summed E-state index contributed by atoms with van der Waals surface area (Å²) in [6.07, 6.45) is 0.974. The number of likely N-dealkylation sites (N-methyl/N-ethyl adjacent to an activating group) is 1. The summed E-state index contributed by atoms with van der Waals surface area (Å²) < 4.78 is 0. The molecule has 0 atom stereocenters. The fourth-order valence-electron chi connectivity index (χ4n) is 4.11. The summed E-state index contributed by atoms with van der Waals surface area (Å²) in [5.74, 6) is 0.536. The fraction of sp³-hybridized carbons (Fsp3) is 0.261. The number of hydrogen-bond donors (Lipinski definition) is 2. The number of aromatic amines is 2. The number of rotatable bonds is 2. The van der Waals surface area contributed by atoms with Gasteiger partial charge in [0.1, 0.15) is 5.82 Å². The van der Waals surface area contributed by atoms with Gasteiger partial charge in [0, 0.05) is 36.5 Å². The molecule has 2 aromatic rings. The number of amides is 1. The summed E-state index contributed by atoms with van der Waals surface area (Å²) in [5.41, 5.74) is 4.01. The molecule has 7 heteroatoms. The molecule has 1 aliphatic carbocycles. The smallest absolute Gasteiger partial charge is 0.260 e. The first-order valence-electron chi connectivity index (χ1n) is 10.2. The van der Waals surface area contributed by atoms with Crippen LogP contribution in [0.25, 0.3) is 33.7 Å². The van der Waals surface area contributed by atoms with Gasteiger partial charge in [-0.25, -0.2) is 4.98 Å². The number of benzene rings is 1. The second kappa shape index (κ2) is 7.42. The van der Waals surface area contributed by atoms with E-state index < -0.39 is 0 Å². The van der Waals surface area contributed by atoms with Crippen LogP contribution in [0.5, 0.6) is 0 Å². The number of fused-ring (bicyclic) bond motifs is 2. The van der Waals surface area contributed by atoms with Crippen molar-refractivity contribution in [2.24, 2.45) is 0 Å². The van der Waals surface area contributed by atoms with Crippen molar-refractivity contribution in [3.8, 4) is 22.6 Å². The number of carbonyl (C=O) groups is 1. The van der Waals surface area contributed by atoms with Crippen molar-refractivity contribution in [1.82, 2.24) is 24.8 Å². The molecule has 3 heterocycles. The molecular weight excluding hydrogens is 378 g/mol. The number of imidazole rings is 1. The maximum absolute atomic E-state index is 13.0. The lowest BCUT2D eigenvalue weighted by Crippen LogP contribution is -2.34. The van der Waals surface area contributed by atoms with Crippen LogP contribution in [0.2, 0.25) is 0 Å². The van der Waals surface area contributed by atoms with E-state index in [9.17, 15) is 9.59 Å². The number of nitrogens with zero attached hydrogens (tertiary/aromatic N) is 3. The molecule has 5 rings (SSSR count). The zero-order valence-corrected chi connectivity index (χ0v) is 16.8. The molecule has 1 aromatic carbocycles. The van der Waals surface area contributed by atoms with Gasteiger partial charge in [-0.3, -0.25) is 9.59 Å². The van der Waals surface area contributed by atoms with Gasteiger partial charge in [0.15, 0.2) is 0 Å². The summed E-state index contributed by atoms with van der Waals surface area (Å²) in [6.45, 7) is 3.38. The minimum absolute atomic E-state index is 0.0281. The molecule has 0 radical (unpaired) electrons. The first-order valence-corrected chi connectivity index (χ1v) is 10.2. The highest BCUT2D eigenvalue weighted by atomic mass is 16.2. The van der Waals surface area contributed by atoms with Gasteiger partial charge in [-0.2, -0.15) is 0 Å². The Bertz CT molecular complexity index is 1260. The average Bonchev–Trinajstić information content (AvgIpc) is 3.09. The van der Waals surface area contributed by atoms with E-state index >= 15 is 0 Å². The predicted octanol–water partition coefficient (Wildman–Crippen LogP) is 2.80. The monoisotopic (exact) mass is 401 g/mol. The topological polar surface area (TPSA) is 85.1 Å². The van der Waals surface area contributed by atoms with Crippen molar-refractivity contribution in [3.63, 3.8) is 0 Å². The third-order valence-corrected chi connectivity index (χ3v) is 5.76. The largest absolute Gasteiger partial charge is 0.338 e. The third kappa shape index (κ3) is 3.27. The van der Waals surface area contributed by atoms with Crippen LogP contribution in [-0.2, 0) is 0 Å². The van der Waals surface area contributed by atoms with Gasteiger partial charge in [-0.1, -0.05) is 24.3 Å². The van der Waals surface area contributed by atoms with Crippen molar-refractivity contribution < 1.29 is 4.79 Å². The Morgan fingerprint density at radius 1 is 1.00 bits per heavy atom. The van der Waals surface area contributed by atoms with Crippen LogP contribution in [-0.4, -0.2) is 63.9 Å². The van der Waals surface area contributed by atoms with Crippen molar-refractivity contribution in [2.75, 3.05) is 33.2 Å². The number of hydrogen-bond acceptors (Lipinski definition) is 4. The van der Waals surface area contributed by atoms with Gasteiger partial charge in [-0.05, 0) is 44.3 Å². The molecule has 1 fully saturated rings. The molecule has 0 saturated carbocycles. The van der Waals surface area contributed by atoms with Crippen molar-refractivity contribution >= 4 is 16.9 Å². The molecule has 1 saturated heterocycles. The highest BCUT2D eigenvalue weighted by Gasteiger charge is 2.21. The molecule has 7 nitrogen and oxygen atoms in total. The Labute approximate surface area is 173 Å². The van der Waals surface area contributed by atoms with Gasteiger partial charge in [0.25, 0.3) is 11.5 Å². The Balaban J connectivity index is 1.51. The van der Waals surface area contributed by atoms with E-state index in [0.29, 0.717) is 22.5 Å². The molecule has 0 spiro atoms. The summed E-state index contributed by atoms with van der Waals surface area (Å²) in [5, 5.41) is 0. The van der Waals surface area contributed by atoms with Gasteiger partial charge in [-0.15, -0.1) is 0 Å². The lowest BCUT2D eigenvalue weighted by atomic mass is 10.1. The second-order valence-corrected chi connectivity index (χ2v) is 7.83. The van der Waals surface area contributed by atoms with Crippen molar-refractivity contribution in [3.05, 3.63) is 64.4 Å². The molecule has 1 amide bonds. The summed E-state index contributed by atoms with van der Waals surface area (Å²) in [7, 11) is 2.08. The number of carbonyl (C=O) groups excluding carboxylic acids is 1. The molecule has 0 unspecified atom stereocenters. The number of nitrogens with one attached hydrogen (secondary N) is 2. The van der Waals surface area contributed by atoms with E-state index in [1.54, 1.807) is 0 Å². The molecule has 152 valence electrons. The Kier molecular flexibility index (Phi) is 4.59. The van der Waals surface area contributed by atoms with E-state index in [4.69, 9.17) is 0 Å². The van der Waals surface area contributed by atoms with E-state index in [0.717, 1.165) is 49.4 Å². The van der Waals surface area contributed by atoms with Gasteiger partial charge in [0.05, 0.1) is 16.6 Å². The van der Waals surface area contributed by atoms with Gasteiger partial charge in [0.2, 0.25) is 0 Å². The standard InChI is InChI=1S/C23H23N5O2/c1-27-10-5-11-28(13-12-27)23(30)15-8-9-18-19(14-15)25-21(24-18)20-16-6-3-2-4-7-17(16)26-22(20)29/h2-4,6-9,14H,5,10-13H2,1H3,(H,24,25)(H,26,29). The van der Waals surface area contributed by atoms with E-state index in [2.05, 4.69) is 26.9 Å². The first kappa shape index (κ1) is 18.6. The SMILES string of the molecule is CN1CCCN(C(=O)c2ccc3[nH]c(-c4c5cccccc-5[nH]c4=O)nc3c2)CC1. The molecule has 3 aliphatic rings. The molecule has 0 bridgehead atoms. The highest BCUT2D eigenvalue weighted by Crippen LogP contribution is 2.29. The van der Waals surface area contributed by atoms with Crippen LogP contribution in [0.15, 0.2) is 53.3 Å². The fourth-order valence-corrected chi connectivity index (χ4v) is 4.11. The van der Waals surface area contributed by atoms with E-state index in [1.807, 2.05) is 53.4 Å². The van der Waals surface area contributed by atoms with Crippen molar-refractivity contribution in [1.29, 1.82) is 0 Å². The molecule has 30 heavy (non-hydrogen) atoms. The minimum atomic E-state index is -0.180. The maximum Gasteiger partial charge on any atom is 0.260 e. The lowest BCUT2D eigenvalue weighted by molar-refractivity contribution is 0.0763. The van der Waals surface area contributed by atoms with Crippen LogP contribution in [0.4, 0.5) is 0 Å². The molecule has 1 aromatic heterocycles. The predicted molar refractivity (Wildman–Crippen MR) is 117 cm³/mol. The lowest BCUT2D eigenvalue weighted by Gasteiger charge is -2.20. The zero-order valence-electron chi connectivity index (χ0n) is 16.8. The normalized spacial score (nSPS) is 15.6. The molecular formula is C23H23N5O2. The quantitative estimate of drug-likeness (QED) is 0.541. The Morgan fingerprint density at radius 2 is 1.87 bits per heavy atom. The Hall–Kier alpha value is -3.45. The van der Waals surface area contributed by atoms with E-state index in [1.165, 1.54) is 0 Å². The van der Waals surface area contributed by atoms with Crippen LogP contribution < -0.4 is 5.56 Å². The van der Waals surface area contributed by atoms with Crippen LogP contribution in [0.3, 0.4) is 0 Å². The highest BCUT2D eigenvalue weighted by molar-refractivity contribution is 5.98.